The van der Waals surface area contributed by atoms with Gasteiger partial charge in [0.2, 0.25) is 5.91 Å². The zero-order chi connectivity index (χ0) is 12.4. The van der Waals surface area contributed by atoms with Crippen LogP contribution in [-0.4, -0.2) is 19.0 Å². The van der Waals surface area contributed by atoms with Gasteiger partial charge >= 0.3 is 0 Å². The molecule has 88 valence electrons. The molecule has 1 saturated heterocycles. The highest BCUT2D eigenvalue weighted by molar-refractivity contribution is 5.78. The van der Waals surface area contributed by atoms with Crippen molar-refractivity contribution in [2.45, 2.75) is 6.42 Å². The van der Waals surface area contributed by atoms with Gasteiger partial charge < -0.3 is 10.6 Å². The van der Waals surface area contributed by atoms with Gasteiger partial charge in [0.05, 0.1) is 11.6 Å². The molecule has 17 heavy (non-hydrogen) atoms. The number of hydrogen-bond acceptors (Lipinski definition) is 3. The highest BCUT2D eigenvalue weighted by Gasteiger charge is 2.28. The molecule has 0 aliphatic carbocycles. The van der Waals surface area contributed by atoms with E-state index in [0.29, 0.717) is 25.2 Å². The first-order valence-electron chi connectivity index (χ1n) is 5.36. The second-order valence-electron chi connectivity index (χ2n) is 4.08. The van der Waals surface area contributed by atoms with Crippen molar-refractivity contribution in [3.8, 4) is 6.07 Å². The van der Waals surface area contributed by atoms with E-state index in [0.717, 1.165) is 0 Å². The maximum Gasteiger partial charge on any atom is 0.222 e. The van der Waals surface area contributed by atoms with Crippen molar-refractivity contribution in [1.82, 2.24) is 0 Å². The third-order valence-electron chi connectivity index (χ3n) is 3.03. The summed E-state index contributed by atoms with van der Waals surface area (Å²) in [5.41, 5.74) is 5.80. The standard InChI is InChI=1S/C12H12FN3O/c13-10-2-1-3-11(9(10)6-14)16-5-4-8(7-16)12(15)17/h1-3,8H,4-5,7H2,(H2,15,17). The first-order valence-corrected chi connectivity index (χ1v) is 5.36. The summed E-state index contributed by atoms with van der Waals surface area (Å²) in [6.07, 6.45) is 0.650. The average molecular weight is 233 g/mol. The van der Waals surface area contributed by atoms with Crippen LogP contribution in [0, 0.1) is 23.1 Å². The van der Waals surface area contributed by atoms with E-state index >= 15 is 0 Å². The molecule has 1 atom stereocenters. The minimum absolute atomic E-state index is 0.0256. The minimum atomic E-state index is -0.535. The molecular weight excluding hydrogens is 221 g/mol. The Hall–Kier alpha value is -2.09. The Morgan fingerprint density at radius 3 is 2.94 bits per heavy atom. The number of halogens is 1. The average Bonchev–Trinajstić information content (AvgIpc) is 2.77. The lowest BCUT2D eigenvalue weighted by molar-refractivity contribution is -0.121. The van der Waals surface area contributed by atoms with Crippen molar-refractivity contribution in [2.24, 2.45) is 11.7 Å². The van der Waals surface area contributed by atoms with Gasteiger partial charge in [0.25, 0.3) is 0 Å². The normalized spacial score (nSPS) is 19.1. The second kappa shape index (κ2) is 4.42. The van der Waals surface area contributed by atoms with Gasteiger partial charge in [-0.25, -0.2) is 4.39 Å². The molecule has 4 nitrogen and oxygen atoms in total. The fraction of sp³-hybridized carbons (Fsp3) is 0.333. The molecular formula is C12H12FN3O. The molecule has 1 aromatic rings. The maximum atomic E-state index is 13.4. The van der Waals surface area contributed by atoms with E-state index in [4.69, 9.17) is 11.0 Å². The zero-order valence-corrected chi connectivity index (χ0v) is 9.19. The van der Waals surface area contributed by atoms with Crippen LogP contribution in [0.4, 0.5) is 10.1 Å². The largest absolute Gasteiger partial charge is 0.370 e. The Balaban J connectivity index is 2.28. The van der Waals surface area contributed by atoms with Crippen molar-refractivity contribution >= 4 is 11.6 Å². The van der Waals surface area contributed by atoms with E-state index in [1.165, 1.54) is 6.07 Å². The molecule has 0 bridgehead atoms. The Morgan fingerprint density at radius 2 is 2.35 bits per heavy atom. The Morgan fingerprint density at radius 1 is 1.59 bits per heavy atom. The number of benzene rings is 1. The molecule has 1 aromatic carbocycles. The molecule has 1 aliphatic rings. The monoisotopic (exact) mass is 233 g/mol. The number of carbonyl (C=O) groups excluding carboxylic acids is 1. The summed E-state index contributed by atoms with van der Waals surface area (Å²) in [6, 6.07) is 6.35. The molecule has 5 heteroatoms. The second-order valence-corrected chi connectivity index (χ2v) is 4.08. The maximum absolute atomic E-state index is 13.4. The number of carbonyl (C=O) groups is 1. The van der Waals surface area contributed by atoms with Gasteiger partial charge in [0.15, 0.2) is 0 Å². The Bertz CT molecular complexity index is 495. The number of amides is 1. The number of nitrogens with zero attached hydrogens (tertiary/aromatic N) is 2. The van der Waals surface area contributed by atoms with Crippen molar-refractivity contribution in [2.75, 3.05) is 18.0 Å². The Labute approximate surface area is 98.4 Å². The van der Waals surface area contributed by atoms with E-state index < -0.39 is 5.82 Å². The molecule has 2 rings (SSSR count). The number of nitriles is 1. The van der Waals surface area contributed by atoms with Gasteiger partial charge in [-0.1, -0.05) is 6.07 Å². The quantitative estimate of drug-likeness (QED) is 0.828. The van der Waals surface area contributed by atoms with Gasteiger partial charge in [0, 0.05) is 13.1 Å². The summed E-state index contributed by atoms with van der Waals surface area (Å²) in [4.78, 5) is 12.9. The molecule has 1 unspecified atom stereocenters. The summed E-state index contributed by atoms with van der Waals surface area (Å²) in [5.74, 6) is -1.10. The van der Waals surface area contributed by atoms with Crippen LogP contribution < -0.4 is 10.6 Å². The molecule has 2 N–H and O–H groups in total. The number of anilines is 1. The van der Waals surface area contributed by atoms with E-state index in [9.17, 15) is 9.18 Å². The van der Waals surface area contributed by atoms with Crippen molar-refractivity contribution in [3.63, 3.8) is 0 Å². The van der Waals surface area contributed by atoms with Crippen LogP contribution in [0.15, 0.2) is 18.2 Å². The molecule has 0 spiro atoms. The lowest BCUT2D eigenvalue weighted by Gasteiger charge is -2.19. The van der Waals surface area contributed by atoms with E-state index in [-0.39, 0.29) is 17.4 Å². The molecule has 1 fully saturated rings. The first kappa shape index (κ1) is 11.4. The van der Waals surface area contributed by atoms with E-state index in [1.54, 1.807) is 12.1 Å². The zero-order valence-electron chi connectivity index (χ0n) is 9.19. The van der Waals surface area contributed by atoms with Crippen LogP contribution >= 0.6 is 0 Å². The van der Waals surface area contributed by atoms with Gasteiger partial charge in [-0.15, -0.1) is 0 Å². The third kappa shape index (κ3) is 2.07. The lowest BCUT2D eigenvalue weighted by Crippen LogP contribution is -2.27. The van der Waals surface area contributed by atoms with Crippen LogP contribution in [-0.2, 0) is 4.79 Å². The van der Waals surface area contributed by atoms with Gasteiger partial charge in [-0.2, -0.15) is 5.26 Å². The number of primary amides is 1. The highest BCUT2D eigenvalue weighted by Crippen LogP contribution is 2.27. The SMILES string of the molecule is N#Cc1c(F)cccc1N1CCC(C(N)=O)C1. The summed E-state index contributed by atoms with van der Waals surface area (Å²) < 4.78 is 13.4. The van der Waals surface area contributed by atoms with Gasteiger partial charge in [0.1, 0.15) is 17.4 Å². The predicted octanol–water partition coefficient (Wildman–Crippen LogP) is 1.01. The Kier molecular flexibility index (Phi) is 2.96. The summed E-state index contributed by atoms with van der Waals surface area (Å²) >= 11 is 0. The molecule has 1 heterocycles. The van der Waals surface area contributed by atoms with Crippen molar-refractivity contribution in [1.29, 1.82) is 5.26 Å². The highest BCUT2D eigenvalue weighted by atomic mass is 19.1. The minimum Gasteiger partial charge on any atom is -0.370 e. The van der Waals surface area contributed by atoms with E-state index in [1.807, 2.05) is 11.0 Å². The topological polar surface area (TPSA) is 70.1 Å². The molecule has 0 radical (unpaired) electrons. The van der Waals surface area contributed by atoms with Crippen LogP contribution in [0.1, 0.15) is 12.0 Å². The first-order chi connectivity index (χ1) is 8.13. The fourth-order valence-electron chi connectivity index (χ4n) is 2.10. The molecule has 0 aromatic heterocycles. The van der Waals surface area contributed by atoms with Crippen LogP contribution in [0.3, 0.4) is 0 Å². The van der Waals surface area contributed by atoms with E-state index in [2.05, 4.69) is 0 Å². The third-order valence-corrected chi connectivity index (χ3v) is 3.03. The van der Waals surface area contributed by atoms with Gasteiger partial charge in [-0.3, -0.25) is 4.79 Å². The molecule has 1 aliphatic heterocycles. The summed E-state index contributed by atoms with van der Waals surface area (Å²) in [6.45, 7) is 1.07. The number of rotatable bonds is 2. The molecule has 1 amide bonds. The fourth-order valence-corrected chi connectivity index (χ4v) is 2.10. The van der Waals surface area contributed by atoms with Crippen LogP contribution in [0.25, 0.3) is 0 Å². The number of hydrogen-bond donors (Lipinski definition) is 1. The van der Waals surface area contributed by atoms with Crippen LogP contribution in [0.5, 0.6) is 0 Å². The van der Waals surface area contributed by atoms with Gasteiger partial charge in [-0.05, 0) is 18.6 Å². The van der Waals surface area contributed by atoms with Crippen molar-refractivity contribution in [3.05, 3.63) is 29.6 Å². The summed E-state index contributed by atoms with van der Waals surface area (Å²) in [7, 11) is 0. The lowest BCUT2D eigenvalue weighted by atomic mass is 10.1. The number of nitrogens with two attached hydrogens (primary N) is 1. The predicted molar refractivity (Wildman–Crippen MR) is 60.6 cm³/mol. The smallest absolute Gasteiger partial charge is 0.222 e. The van der Waals surface area contributed by atoms with Crippen LogP contribution in [0.2, 0.25) is 0 Å². The summed E-state index contributed by atoms with van der Waals surface area (Å²) in [5, 5.41) is 8.93. The molecule has 0 saturated carbocycles. The van der Waals surface area contributed by atoms with Crippen molar-refractivity contribution < 1.29 is 9.18 Å².